The van der Waals surface area contributed by atoms with Gasteiger partial charge < -0.3 is 14.9 Å². The van der Waals surface area contributed by atoms with Crippen LogP contribution in [0.4, 0.5) is 4.79 Å². The first-order valence-corrected chi connectivity index (χ1v) is 5.37. The smallest absolute Gasteiger partial charge is 0.407 e. The molecule has 1 N–H and O–H groups in total. The number of hydrogen-bond donors (Lipinski definition) is 1. The van der Waals surface area contributed by atoms with Gasteiger partial charge in [0.05, 0.1) is 0 Å². The molecule has 0 atom stereocenters. The van der Waals surface area contributed by atoms with E-state index in [2.05, 4.69) is 0 Å². The zero-order valence-electron chi connectivity index (χ0n) is 9.72. The minimum atomic E-state index is -0.894. The first-order valence-electron chi connectivity index (χ1n) is 5.37. The Bertz CT molecular complexity index is 292. The number of allylic oxidation sites excluding steroid dienone is 1. The highest BCUT2D eigenvalue weighted by Gasteiger charge is 2.25. The Morgan fingerprint density at radius 3 is 2.31 bits per heavy atom. The van der Waals surface area contributed by atoms with Gasteiger partial charge in [-0.3, -0.25) is 4.79 Å². The number of amides is 1. The number of carbonyl (C=O) groups excluding carboxylic acids is 1. The number of carboxylic acid groups (broad SMARTS) is 1. The number of rotatable bonds is 3. The van der Waals surface area contributed by atoms with E-state index in [1.54, 1.807) is 12.3 Å². The molecule has 90 valence electrons. The Balaban J connectivity index is 2.42. The van der Waals surface area contributed by atoms with Crippen molar-refractivity contribution in [1.29, 1.82) is 0 Å². The largest absolute Gasteiger partial charge is 0.465 e. The molecule has 0 spiro atoms. The molecule has 1 rings (SSSR count). The number of ketones is 1. The topological polar surface area (TPSA) is 60.9 Å². The second-order valence-electron chi connectivity index (χ2n) is 4.23. The van der Waals surface area contributed by atoms with Crippen molar-refractivity contribution in [3.8, 4) is 0 Å². The molecule has 1 saturated heterocycles. The van der Waals surface area contributed by atoms with Crippen molar-refractivity contribution in [3.05, 3.63) is 12.3 Å². The van der Waals surface area contributed by atoms with E-state index in [1.165, 1.54) is 4.90 Å². The van der Waals surface area contributed by atoms with Gasteiger partial charge in [-0.15, -0.1) is 0 Å². The van der Waals surface area contributed by atoms with Crippen LogP contribution in [0, 0.1) is 5.92 Å². The van der Waals surface area contributed by atoms with Gasteiger partial charge in [-0.05, 0) is 18.9 Å². The zero-order valence-corrected chi connectivity index (χ0v) is 9.72. The molecule has 5 heteroatoms. The molecule has 1 amide bonds. The second-order valence-corrected chi connectivity index (χ2v) is 4.23. The zero-order chi connectivity index (χ0) is 12.1. The molecule has 1 heterocycles. The third-order valence-electron chi connectivity index (χ3n) is 2.70. The van der Waals surface area contributed by atoms with Crippen LogP contribution in [0.3, 0.4) is 0 Å². The van der Waals surface area contributed by atoms with Gasteiger partial charge >= 0.3 is 6.09 Å². The quantitative estimate of drug-likeness (QED) is 0.730. The monoisotopic (exact) mass is 226 g/mol. The van der Waals surface area contributed by atoms with Gasteiger partial charge in [-0.1, -0.05) is 0 Å². The first-order chi connectivity index (χ1) is 7.50. The van der Waals surface area contributed by atoms with Gasteiger partial charge in [-0.25, -0.2) is 4.79 Å². The summed E-state index contributed by atoms with van der Waals surface area (Å²) in [6, 6.07) is 0. The second kappa shape index (κ2) is 5.53. The summed E-state index contributed by atoms with van der Waals surface area (Å²) in [6.45, 7) is 0.920. The SMILES string of the molecule is CN(C)/C=C\C(=O)C1CCN(C(=O)O)CC1. The fourth-order valence-electron chi connectivity index (χ4n) is 1.71. The van der Waals surface area contributed by atoms with E-state index >= 15 is 0 Å². The summed E-state index contributed by atoms with van der Waals surface area (Å²) in [5.41, 5.74) is 0. The highest BCUT2D eigenvalue weighted by molar-refractivity contribution is 5.91. The van der Waals surface area contributed by atoms with E-state index in [9.17, 15) is 9.59 Å². The highest BCUT2D eigenvalue weighted by Crippen LogP contribution is 2.18. The molecule has 0 saturated carbocycles. The first kappa shape index (κ1) is 12.5. The normalized spacial score (nSPS) is 17.8. The summed E-state index contributed by atoms with van der Waals surface area (Å²) in [5.74, 6) is 0.0746. The molecule has 0 aromatic carbocycles. The molecule has 0 unspecified atom stereocenters. The minimum absolute atomic E-state index is 0.0215. The fraction of sp³-hybridized carbons (Fsp3) is 0.636. The van der Waals surface area contributed by atoms with Crippen LogP contribution in [0.25, 0.3) is 0 Å². The van der Waals surface area contributed by atoms with E-state index in [0.29, 0.717) is 25.9 Å². The Hall–Kier alpha value is -1.52. The van der Waals surface area contributed by atoms with Crippen LogP contribution in [0.2, 0.25) is 0 Å². The molecular weight excluding hydrogens is 208 g/mol. The van der Waals surface area contributed by atoms with Crippen LogP contribution in [0.1, 0.15) is 12.8 Å². The van der Waals surface area contributed by atoms with Crippen LogP contribution >= 0.6 is 0 Å². The Kier molecular flexibility index (Phi) is 4.34. The molecule has 5 nitrogen and oxygen atoms in total. The van der Waals surface area contributed by atoms with Crippen molar-refractivity contribution < 1.29 is 14.7 Å². The maximum absolute atomic E-state index is 11.7. The Labute approximate surface area is 95.3 Å². The standard InChI is InChI=1S/C11H18N2O3/c1-12(2)6-5-10(14)9-3-7-13(8-4-9)11(15)16/h5-6,9H,3-4,7-8H2,1-2H3,(H,15,16)/b6-5-. The summed E-state index contributed by atoms with van der Waals surface area (Å²) >= 11 is 0. The van der Waals surface area contributed by atoms with Crippen LogP contribution in [0.15, 0.2) is 12.3 Å². The van der Waals surface area contributed by atoms with Gasteiger partial charge in [0.25, 0.3) is 0 Å². The lowest BCUT2D eigenvalue weighted by molar-refractivity contribution is -0.119. The Morgan fingerprint density at radius 1 is 1.31 bits per heavy atom. The molecule has 0 bridgehead atoms. The van der Waals surface area contributed by atoms with Crippen LogP contribution in [0.5, 0.6) is 0 Å². The highest BCUT2D eigenvalue weighted by atomic mass is 16.4. The molecule has 0 aromatic heterocycles. The van der Waals surface area contributed by atoms with E-state index in [4.69, 9.17) is 5.11 Å². The average molecular weight is 226 g/mol. The molecule has 1 fully saturated rings. The molecule has 1 aliphatic heterocycles. The molecular formula is C11H18N2O3. The summed E-state index contributed by atoms with van der Waals surface area (Å²) < 4.78 is 0. The van der Waals surface area contributed by atoms with Gasteiger partial charge in [0, 0.05) is 39.3 Å². The average Bonchev–Trinajstić information content (AvgIpc) is 2.26. The lowest BCUT2D eigenvalue weighted by atomic mass is 9.92. The number of likely N-dealkylation sites (tertiary alicyclic amines) is 1. The third kappa shape index (κ3) is 3.56. The molecule has 16 heavy (non-hydrogen) atoms. The van der Waals surface area contributed by atoms with Gasteiger partial charge in [-0.2, -0.15) is 0 Å². The number of nitrogens with zero attached hydrogens (tertiary/aromatic N) is 2. The predicted molar refractivity (Wildman–Crippen MR) is 60.2 cm³/mol. The third-order valence-corrected chi connectivity index (χ3v) is 2.70. The van der Waals surface area contributed by atoms with Crippen molar-refractivity contribution in [3.63, 3.8) is 0 Å². The van der Waals surface area contributed by atoms with E-state index in [0.717, 1.165) is 0 Å². The summed E-state index contributed by atoms with van der Waals surface area (Å²) in [4.78, 5) is 25.5. The lowest BCUT2D eigenvalue weighted by Gasteiger charge is -2.28. The number of piperidine rings is 1. The Morgan fingerprint density at radius 2 is 1.88 bits per heavy atom. The van der Waals surface area contributed by atoms with E-state index < -0.39 is 6.09 Å². The van der Waals surface area contributed by atoms with Crippen molar-refractivity contribution >= 4 is 11.9 Å². The molecule has 0 aromatic rings. The van der Waals surface area contributed by atoms with Crippen LogP contribution in [-0.4, -0.2) is 54.0 Å². The van der Waals surface area contributed by atoms with E-state index in [-0.39, 0.29) is 11.7 Å². The predicted octanol–water partition coefficient (Wildman–Crippen LogP) is 1.02. The van der Waals surface area contributed by atoms with Gasteiger partial charge in [0.1, 0.15) is 0 Å². The van der Waals surface area contributed by atoms with Crippen molar-refractivity contribution in [2.24, 2.45) is 5.92 Å². The van der Waals surface area contributed by atoms with Crippen molar-refractivity contribution in [2.75, 3.05) is 27.2 Å². The maximum atomic E-state index is 11.7. The number of carbonyl (C=O) groups is 2. The fourth-order valence-corrected chi connectivity index (χ4v) is 1.71. The molecule has 0 radical (unpaired) electrons. The van der Waals surface area contributed by atoms with Gasteiger partial charge in [0.2, 0.25) is 0 Å². The lowest BCUT2D eigenvalue weighted by Crippen LogP contribution is -2.39. The van der Waals surface area contributed by atoms with Crippen molar-refractivity contribution in [2.45, 2.75) is 12.8 Å². The molecule has 0 aliphatic carbocycles. The van der Waals surface area contributed by atoms with Crippen molar-refractivity contribution in [1.82, 2.24) is 9.80 Å². The van der Waals surface area contributed by atoms with Crippen LogP contribution < -0.4 is 0 Å². The molecule has 1 aliphatic rings. The summed E-state index contributed by atoms with van der Waals surface area (Å²) in [7, 11) is 3.72. The minimum Gasteiger partial charge on any atom is -0.465 e. The van der Waals surface area contributed by atoms with E-state index in [1.807, 2.05) is 19.0 Å². The van der Waals surface area contributed by atoms with Crippen LogP contribution in [-0.2, 0) is 4.79 Å². The summed E-state index contributed by atoms with van der Waals surface area (Å²) in [6.07, 6.45) is 3.66. The number of hydrogen-bond acceptors (Lipinski definition) is 3. The summed E-state index contributed by atoms with van der Waals surface area (Å²) in [5, 5.41) is 8.76. The maximum Gasteiger partial charge on any atom is 0.407 e. The van der Waals surface area contributed by atoms with Gasteiger partial charge in [0.15, 0.2) is 5.78 Å².